The zero-order valence-corrected chi connectivity index (χ0v) is 11.2. The molecule has 0 bridgehead atoms. The van der Waals surface area contributed by atoms with Gasteiger partial charge in [0.2, 0.25) is 0 Å². The Morgan fingerprint density at radius 1 is 0.857 bits per heavy atom. The van der Waals surface area contributed by atoms with Gasteiger partial charge in [-0.05, 0) is 22.9 Å². The first-order valence-corrected chi connectivity index (χ1v) is 6.57. The lowest BCUT2D eigenvalue weighted by molar-refractivity contribution is 0.0697. The molecule has 3 rings (SSSR count). The first kappa shape index (κ1) is 13.1. The summed E-state index contributed by atoms with van der Waals surface area (Å²) in [5.74, 6) is -0.984. The highest BCUT2D eigenvalue weighted by Gasteiger charge is 2.10. The summed E-state index contributed by atoms with van der Waals surface area (Å²) in [6.07, 6.45) is 0. The summed E-state index contributed by atoms with van der Waals surface area (Å²) in [4.78, 5) is 11.1. The fourth-order valence-corrected chi connectivity index (χ4v) is 2.41. The van der Waals surface area contributed by atoms with Crippen LogP contribution in [-0.2, 0) is 0 Å². The molecule has 0 aromatic heterocycles. The monoisotopic (exact) mass is 275 g/mol. The predicted octanol–water partition coefficient (Wildman–Crippen LogP) is 3.95. The van der Waals surface area contributed by atoms with Crippen LogP contribution in [0.2, 0.25) is 0 Å². The van der Waals surface area contributed by atoms with Gasteiger partial charge in [-0.3, -0.25) is 5.41 Å². The number of rotatable bonds is 3. The van der Waals surface area contributed by atoms with E-state index in [9.17, 15) is 4.79 Å². The zero-order valence-electron chi connectivity index (χ0n) is 11.2. The Morgan fingerprint density at radius 3 is 2.33 bits per heavy atom. The molecule has 3 aromatic rings. The number of hydrogen-bond donors (Lipinski definition) is 2. The predicted molar refractivity (Wildman–Crippen MR) is 83.3 cm³/mol. The number of nitrogens with one attached hydrogen (secondary N) is 1. The van der Waals surface area contributed by atoms with Crippen molar-refractivity contribution in [3.63, 3.8) is 0 Å². The van der Waals surface area contributed by atoms with Crippen LogP contribution in [0, 0.1) is 5.41 Å². The molecule has 21 heavy (non-hydrogen) atoms. The highest BCUT2D eigenvalue weighted by molar-refractivity contribution is 6.18. The Kier molecular flexibility index (Phi) is 3.24. The van der Waals surface area contributed by atoms with Crippen molar-refractivity contribution in [1.29, 1.82) is 5.41 Å². The summed E-state index contributed by atoms with van der Waals surface area (Å²) in [6, 6.07) is 20.2. The van der Waals surface area contributed by atoms with Gasteiger partial charge in [0.05, 0.1) is 11.3 Å². The third-order valence-electron chi connectivity index (χ3n) is 3.46. The van der Waals surface area contributed by atoms with Gasteiger partial charge in [-0.15, -0.1) is 0 Å². The molecule has 3 nitrogen and oxygen atoms in total. The van der Waals surface area contributed by atoms with Crippen molar-refractivity contribution in [3.05, 3.63) is 83.4 Å². The van der Waals surface area contributed by atoms with Gasteiger partial charge >= 0.3 is 5.97 Å². The molecule has 3 heteroatoms. The summed E-state index contributed by atoms with van der Waals surface area (Å²) in [5, 5.41) is 19.5. The third-order valence-corrected chi connectivity index (χ3v) is 3.46. The molecule has 2 N–H and O–H groups in total. The average molecular weight is 275 g/mol. The Morgan fingerprint density at radius 2 is 1.52 bits per heavy atom. The molecule has 0 unspecified atom stereocenters. The van der Waals surface area contributed by atoms with Crippen LogP contribution in [0.25, 0.3) is 10.8 Å². The van der Waals surface area contributed by atoms with Gasteiger partial charge in [0.1, 0.15) is 0 Å². The van der Waals surface area contributed by atoms with Crippen molar-refractivity contribution in [3.8, 4) is 0 Å². The summed E-state index contributed by atoms with van der Waals surface area (Å²) >= 11 is 0. The molecule has 0 saturated carbocycles. The SMILES string of the molecule is N=C(c1cccc(C(=O)O)c1)c1cccc2ccccc12. The van der Waals surface area contributed by atoms with Crippen molar-refractivity contribution in [2.75, 3.05) is 0 Å². The molecular weight excluding hydrogens is 262 g/mol. The molecule has 0 aliphatic carbocycles. The number of carboxylic acid groups (broad SMARTS) is 1. The standard InChI is InChI=1S/C18H13NO2/c19-17(13-7-3-8-14(11-13)18(20)21)16-10-4-6-12-5-1-2-9-15(12)16/h1-11,19H,(H,20,21). The van der Waals surface area contributed by atoms with Gasteiger partial charge in [0.15, 0.2) is 0 Å². The van der Waals surface area contributed by atoms with Crippen molar-refractivity contribution in [1.82, 2.24) is 0 Å². The van der Waals surface area contributed by atoms with E-state index < -0.39 is 5.97 Å². The first-order valence-electron chi connectivity index (χ1n) is 6.57. The number of carbonyl (C=O) groups is 1. The largest absolute Gasteiger partial charge is 0.478 e. The molecule has 102 valence electrons. The Hall–Kier alpha value is -2.94. The van der Waals surface area contributed by atoms with Gasteiger partial charge in [0.25, 0.3) is 0 Å². The maximum atomic E-state index is 11.1. The molecule has 0 aliphatic rings. The fourth-order valence-electron chi connectivity index (χ4n) is 2.41. The minimum absolute atomic E-state index is 0.192. The van der Waals surface area contributed by atoms with Crippen LogP contribution < -0.4 is 0 Å². The van der Waals surface area contributed by atoms with E-state index in [0.717, 1.165) is 16.3 Å². The molecule has 0 fully saturated rings. The van der Waals surface area contributed by atoms with Crippen LogP contribution in [-0.4, -0.2) is 16.8 Å². The third kappa shape index (κ3) is 2.41. The fraction of sp³-hybridized carbons (Fsp3) is 0. The van der Waals surface area contributed by atoms with Gasteiger partial charge in [-0.2, -0.15) is 0 Å². The maximum Gasteiger partial charge on any atom is 0.335 e. The van der Waals surface area contributed by atoms with Crippen LogP contribution in [0.4, 0.5) is 0 Å². The van der Waals surface area contributed by atoms with E-state index >= 15 is 0 Å². The van der Waals surface area contributed by atoms with Crippen LogP contribution >= 0.6 is 0 Å². The molecule has 0 radical (unpaired) electrons. The quantitative estimate of drug-likeness (QED) is 0.711. The lowest BCUT2D eigenvalue weighted by Gasteiger charge is -2.09. The van der Waals surface area contributed by atoms with Crippen molar-refractivity contribution in [2.45, 2.75) is 0 Å². The number of fused-ring (bicyclic) bond motifs is 1. The molecule has 0 spiro atoms. The second-order valence-electron chi connectivity index (χ2n) is 4.79. The normalized spacial score (nSPS) is 10.5. The van der Waals surface area contributed by atoms with E-state index in [1.54, 1.807) is 12.1 Å². The summed E-state index contributed by atoms with van der Waals surface area (Å²) in [5.41, 5.74) is 1.93. The Bertz CT molecular complexity index is 847. The number of carboxylic acids is 1. The van der Waals surface area contributed by atoms with E-state index in [1.807, 2.05) is 42.5 Å². The maximum absolute atomic E-state index is 11.1. The molecule has 3 aromatic carbocycles. The second-order valence-corrected chi connectivity index (χ2v) is 4.79. The van der Waals surface area contributed by atoms with E-state index in [2.05, 4.69) is 0 Å². The Balaban J connectivity index is 2.13. The lowest BCUT2D eigenvalue weighted by Crippen LogP contribution is -2.05. The van der Waals surface area contributed by atoms with Crippen LogP contribution in [0.3, 0.4) is 0 Å². The average Bonchev–Trinajstić information content (AvgIpc) is 2.53. The highest BCUT2D eigenvalue weighted by atomic mass is 16.4. The van der Waals surface area contributed by atoms with Crippen LogP contribution in [0.5, 0.6) is 0 Å². The van der Waals surface area contributed by atoms with Gasteiger partial charge < -0.3 is 5.11 Å². The number of aromatic carboxylic acids is 1. The molecule has 0 aliphatic heterocycles. The smallest absolute Gasteiger partial charge is 0.335 e. The molecule has 0 atom stereocenters. The molecule has 0 saturated heterocycles. The zero-order chi connectivity index (χ0) is 14.8. The van der Waals surface area contributed by atoms with E-state index in [4.69, 9.17) is 10.5 Å². The van der Waals surface area contributed by atoms with Crippen molar-refractivity contribution in [2.24, 2.45) is 0 Å². The van der Waals surface area contributed by atoms with Crippen LogP contribution in [0.1, 0.15) is 21.5 Å². The molecule has 0 amide bonds. The van der Waals surface area contributed by atoms with Gasteiger partial charge in [-0.1, -0.05) is 54.6 Å². The summed E-state index contributed by atoms with van der Waals surface area (Å²) < 4.78 is 0. The van der Waals surface area contributed by atoms with E-state index in [0.29, 0.717) is 11.3 Å². The Labute approximate surface area is 122 Å². The van der Waals surface area contributed by atoms with Gasteiger partial charge in [-0.25, -0.2) is 4.79 Å². The molecular formula is C18H13NO2. The number of benzene rings is 3. The topological polar surface area (TPSA) is 61.2 Å². The summed E-state index contributed by atoms with van der Waals surface area (Å²) in [7, 11) is 0. The van der Waals surface area contributed by atoms with Crippen molar-refractivity contribution >= 4 is 22.5 Å². The van der Waals surface area contributed by atoms with Crippen molar-refractivity contribution < 1.29 is 9.90 Å². The van der Waals surface area contributed by atoms with Gasteiger partial charge in [0, 0.05) is 11.1 Å². The van der Waals surface area contributed by atoms with E-state index in [1.165, 1.54) is 12.1 Å². The first-order chi connectivity index (χ1) is 10.2. The van der Waals surface area contributed by atoms with Crippen LogP contribution in [0.15, 0.2) is 66.7 Å². The number of hydrogen-bond acceptors (Lipinski definition) is 2. The highest BCUT2D eigenvalue weighted by Crippen LogP contribution is 2.21. The minimum atomic E-state index is -0.984. The second kappa shape index (κ2) is 5.21. The minimum Gasteiger partial charge on any atom is -0.478 e. The molecule has 0 heterocycles. The van der Waals surface area contributed by atoms with E-state index in [-0.39, 0.29) is 5.56 Å². The summed E-state index contributed by atoms with van der Waals surface area (Å²) in [6.45, 7) is 0. The lowest BCUT2D eigenvalue weighted by atomic mass is 9.96.